The van der Waals surface area contributed by atoms with Crippen molar-refractivity contribution < 1.29 is 0 Å². The SMILES string of the molecule is CN(C)CCn1ncc(NC2CC2N)c(Br)c1=O. The minimum atomic E-state index is -0.115. The Kier molecular flexibility index (Phi) is 4.04. The summed E-state index contributed by atoms with van der Waals surface area (Å²) in [5.41, 5.74) is 6.33. The highest BCUT2D eigenvalue weighted by atomic mass is 79.9. The van der Waals surface area contributed by atoms with Crippen LogP contribution >= 0.6 is 15.9 Å². The van der Waals surface area contributed by atoms with Gasteiger partial charge >= 0.3 is 0 Å². The number of anilines is 1. The molecule has 2 rings (SSSR count). The summed E-state index contributed by atoms with van der Waals surface area (Å²) in [6, 6.07) is 0.452. The van der Waals surface area contributed by atoms with E-state index in [1.54, 1.807) is 6.20 Å². The molecule has 1 aromatic rings. The van der Waals surface area contributed by atoms with Crippen LogP contribution in [0.2, 0.25) is 0 Å². The predicted octanol–water partition coefficient (Wildman–Crippen LogP) is 0.0789. The maximum Gasteiger partial charge on any atom is 0.283 e. The number of nitrogens with two attached hydrogens (primary N) is 1. The molecule has 1 fully saturated rings. The second kappa shape index (κ2) is 5.38. The lowest BCUT2D eigenvalue weighted by Crippen LogP contribution is -2.29. The van der Waals surface area contributed by atoms with Crippen LogP contribution in [-0.2, 0) is 6.54 Å². The van der Waals surface area contributed by atoms with E-state index < -0.39 is 0 Å². The van der Waals surface area contributed by atoms with Crippen molar-refractivity contribution in [3.8, 4) is 0 Å². The maximum atomic E-state index is 12.0. The Labute approximate surface area is 114 Å². The van der Waals surface area contributed by atoms with Crippen LogP contribution in [0, 0.1) is 0 Å². The Bertz CT molecular complexity index is 487. The summed E-state index contributed by atoms with van der Waals surface area (Å²) in [5, 5.41) is 7.37. The van der Waals surface area contributed by atoms with Crippen molar-refractivity contribution in [3.63, 3.8) is 0 Å². The third-order valence-corrected chi connectivity index (χ3v) is 3.69. The number of hydrogen-bond donors (Lipinski definition) is 2. The molecule has 0 aromatic carbocycles. The van der Waals surface area contributed by atoms with Gasteiger partial charge in [-0.05, 0) is 36.4 Å². The Morgan fingerprint density at radius 1 is 1.67 bits per heavy atom. The summed E-state index contributed by atoms with van der Waals surface area (Å²) >= 11 is 3.32. The molecule has 1 saturated carbocycles. The average Bonchev–Trinajstić information content (AvgIpc) is 3.00. The van der Waals surface area contributed by atoms with E-state index in [0.717, 1.165) is 18.7 Å². The Morgan fingerprint density at radius 2 is 2.33 bits per heavy atom. The number of halogens is 1. The van der Waals surface area contributed by atoms with Crippen molar-refractivity contribution in [3.05, 3.63) is 21.0 Å². The molecule has 1 aliphatic carbocycles. The van der Waals surface area contributed by atoms with Crippen LogP contribution in [0.4, 0.5) is 5.69 Å². The quantitative estimate of drug-likeness (QED) is 0.804. The highest BCUT2D eigenvalue weighted by Crippen LogP contribution is 2.26. The summed E-state index contributed by atoms with van der Waals surface area (Å²) in [4.78, 5) is 14.1. The summed E-state index contributed by atoms with van der Waals surface area (Å²) in [6.07, 6.45) is 2.61. The van der Waals surface area contributed by atoms with Gasteiger partial charge in [-0.2, -0.15) is 5.10 Å². The predicted molar refractivity (Wildman–Crippen MR) is 74.8 cm³/mol. The van der Waals surface area contributed by atoms with Crippen molar-refractivity contribution in [2.24, 2.45) is 5.73 Å². The fourth-order valence-corrected chi connectivity index (χ4v) is 2.02. The van der Waals surface area contributed by atoms with Crippen LogP contribution in [0.1, 0.15) is 6.42 Å². The zero-order valence-corrected chi connectivity index (χ0v) is 12.1. The molecule has 0 saturated heterocycles. The molecule has 2 unspecified atom stereocenters. The molecule has 0 spiro atoms. The van der Waals surface area contributed by atoms with Gasteiger partial charge in [0.2, 0.25) is 0 Å². The van der Waals surface area contributed by atoms with Gasteiger partial charge in [0.25, 0.3) is 5.56 Å². The van der Waals surface area contributed by atoms with Gasteiger partial charge in [0, 0.05) is 18.6 Å². The summed E-state index contributed by atoms with van der Waals surface area (Å²) in [6.45, 7) is 1.35. The first-order valence-electron chi connectivity index (χ1n) is 5.91. The number of aromatic nitrogens is 2. The van der Waals surface area contributed by atoms with E-state index in [9.17, 15) is 4.79 Å². The molecule has 2 atom stereocenters. The number of likely N-dealkylation sites (N-methyl/N-ethyl adjacent to an activating group) is 1. The van der Waals surface area contributed by atoms with Gasteiger partial charge < -0.3 is 16.0 Å². The van der Waals surface area contributed by atoms with Crippen LogP contribution in [0.25, 0.3) is 0 Å². The molecular weight excluding hydrogens is 298 g/mol. The molecule has 6 nitrogen and oxygen atoms in total. The number of nitrogens with one attached hydrogen (secondary N) is 1. The molecule has 1 aliphatic rings. The lowest BCUT2D eigenvalue weighted by atomic mass is 10.4. The zero-order chi connectivity index (χ0) is 13.3. The Morgan fingerprint density at radius 3 is 2.89 bits per heavy atom. The Hall–Kier alpha value is -0.920. The third kappa shape index (κ3) is 3.09. The van der Waals surface area contributed by atoms with Crippen molar-refractivity contribution in [1.82, 2.24) is 14.7 Å². The molecule has 1 heterocycles. The average molecular weight is 316 g/mol. The van der Waals surface area contributed by atoms with Gasteiger partial charge in [0.15, 0.2) is 0 Å². The lowest BCUT2D eigenvalue weighted by Gasteiger charge is -2.12. The normalized spacial score (nSPS) is 22.3. The van der Waals surface area contributed by atoms with Crippen LogP contribution < -0.4 is 16.6 Å². The van der Waals surface area contributed by atoms with Crippen LogP contribution in [-0.4, -0.2) is 47.4 Å². The van der Waals surface area contributed by atoms with Crippen molar-refractivity contribution in [1.29, 1.82) is 0 Å². The first-order valence-corrected chi connectivity index (χ1v) is 6.71. The van der Waals surface area contributed by atoms with Crippen molar-refractivity contribution in [2.75, 3.05) is 26.0 Å². The lowest BCUT2D eigenvalue weighted by molar-refractivity contribution is 0.367. The molecule has 100 valence electrons. The second-order valence-corrected chi connectivity index (χ2v) is 5.65. The van der Waals surface area contributed by atoms with Gasteiger partial charge in [0.05, 0.1) is 18.4 Å². The first-order chi connectivity index (χ1) is 8.49. The number of nitrogens with zero attached hydrogens (tertiary/aromatic N) is 3. The topological polar surface area (TPSA) is 76.2 Å². The standard InChI is InChI=1S/C11H18BrN5O/c1-16(2)3-4-17-11(18)10(12)9(6-14-17)15-8-5-7(8)13/h6-8,15H,3-5,13H2,1-2H3. The van der Waals surface area contributed by atoms with E-state index in [2.05, 4.69) is 26.3 Å². The molecule has 0 radical (unpaired) electrons. The highest BCUT2D eigenvalue weighted by Gasteiger charge is 2.33. The minimum absolute atomic E-state index is 0.115. The summed E-state index contributed by atoms with van der Waals surface area (Å²) in [5.74, 6) is 0. The maximum absolute atomic E-state index is 12.0. The number of hydrogen-bond acceptors (Lipinski definition) is 5. The summed E-state index contributed by atoms with van der Waals surface area (Å²) < 4.78 is 1.98. The molecule has 0 aliphatic heterocycles. The Balaban J connectivity index is 2.11. The van der Waals surface area contributed by atoms with Crippen LogP contribution in [0.3, 0.4) is 0 Å². The molecule has 3 N–H and O–H groups in total. The van der Waals surface area contributed by atoms with Gasteiger partial charge in [0.1, 0.15) is 4.47 Å². The minimum Gasteiger partial charge on any atom is -0.378 e. The fourth-order valence-electron chi connectivity index (χ4n) is 1.60. The van der Waals surface area contributed by atoms with E-state index in [4.69, 9.17) is 5.73 Å². The van der Waals surface area contributed by atoms with E-state index in [1.807, 2.05) is 19.0 Å². The van der Waals surface area contributed by atoms with E-state index in [1.165, 1.54) is 4.68 Å². The molecule has 0 amide bonds. The largest absolute Gasteiger partial charge is 0.378 e. The van der Waals surface area contributed by atoms with Gasteiger partial charge in [-0.15, -0.1) is 0 Å². The third-order valence-electron chi connectivity index (χ3n) is 2.92. The monoisotopic (exact) mass is 315 g/mol. The number of rotatable bonds is 5. The highest BCUT2D eigenvalue weighted by molar-refractivity contribution is 9.10. The smallest absolute Gasteiger partial charge is 0.283 e. The van der Waals surface area contributed by atoms with E-state index in [0.29, 0.717) is 11.0 Å². The van der Waals surface area contributed by atoms with Gasteiger partial charge in [-0.25, -0.2) is 4.68 Å². The molecule has 0 bridgehead atoms. The van der Waals surface area contributed by atoms with Crippen LogP contribution in [0.5, 0.6) is 0 Å². The van der Waals surface area contributed by atoms with Crippen LogP contribution in [0.15, 0.2) is 15.5 Å². The van der Waals surface area contributed by atoms with Gasteiger partial charge in [-0.3, -0.25) is 4.79 Å². The fraction of sp³-hybridized carbons (Fsp3) is 0.636. The van der Waals surface area contributed by atoms with E-state index >= 15 is 0 Å². The van der Waals surface area contributed by atoms with Crippen molar-refractivity contribution >= 4 is 21.6 Å². The molecule has 18 heavy (non-hydrogen) atoms. The van der Waals surface area contributed by atoms with Gasteiger partial charge in [-0.1, -0.05) is 0 Å². The molecular formula is C11H18BrN5O. The summed E-state index contributed by atoms with van der Waals surface area (Å²) in [7, 11) is 3.93. The second-order valence-electron chi connectivity index (χ2n) is 4.85. The van der Waals surface area contributed by atoms with E-state index in [-0.39, 0.29) is 17.6 Å². The molecule has 7 heteroatoms. The zero-order valence-electron chi connectivity index (χ0n) is 10.6. The molecule has 1 aromatic heterocycles. The first kappa shape index (κ1) is 13.5. The van der Waals surface area contributed by atoms with Crippen molar-refractivity contribution in [2.45, 2.75) is 25.0 Å².